The number of carbonyl (C=O) groups excluding carboxylic acids is 1. The predicted octanol–water partition coefficient (Wildman–Crippen LogP) is 1.35. The van der Waals surface area contributed by atoms with Gasteiger partial charge in [-0.15, -0.1) is 12.4 Å². The van der Waals surface area contributed by atoms with E-state index in [1.807, 2.05) is 12.1 Å². The van der Waals surface area contributed by atoms with Gasteiger partial charge >= 0.3 is 0 Å². The Hall–Kier alpha value is -1.96. The summed E-state index contributed by atoms with van der Waals surface area (Å²) in [5, 5.41) is 7.19. The number of nitrogens with one attached hydrogen (secondary N) is 1. The fourth-order valence-electron chi connectivity index (χ4n) is 2.83. The maximum absolute atomic E-state index is 12.6. The Morgan fingerprint density at radius 3 is 2.92 bits per heavy atom. The fourth-order valence-corrected chi connectivity index (χ4v) is 2.83. The van der Waals surface area contributed by atoms with E-state index >= 15 is 0 Å². The number of carbonyl (C=O) groups is 1. The van der Waals surface area contributed by atoms with Crippen molar-refractivity contribution in [3.8, 4) is 0 Å². The lowest BCUT2D eigenvalue weighted by Gasteiger charge is -2.28. The van der Waals surface area contributed by atoms with Gasteiger partial charge in [0.05, 0.1) is 19.2 Å². The monoisotopic (exact) mass is 366 g/mol. The number of nitrogens with zero attached hydrogens (tertiary/aromatic N) is 3. The smallest absolute Gasteiger partial charge is 0.246 e. The number of aromatic nitrogens is 2. The van der Waals surface area contributed by atoms with E-state index in [0.717, 1.165) is 0 Å². The number of hydrogen-bond donors (Lipinski definition) is 1. The Balaban J connectivity index is 0.00000225. The van der Waals surface area contributed by atoms with Crippen molar-refractivity contribution in [3.05, 3.63) is 47.1 Å². The molecule has 1 aromatic heterocycles. The van der Waals surface area contributed by atoms with Crippen molar-refractivity contribution in [2.45, 2.75) is 32.0 Å². The van der Waals surface area contributed by atoms with E-state index in [2.05, 4.69) is 27.6 Å². The molecule has 2 aromatic rings. The van der Waals surface area contributed by atoms with E-state index in [-0.39, 0.29) is 24.4 Å². The summed E-state index contributed by atoms with van der Waals surface area (Å²) >= 11 is 0. The SMILES string of the molecule is COCCc1noc(CN(C)C(=O)C2Cc3ccccc3CN2)n1.Cl. The number of rotatable bonds is 6. The van der Waals surface area contributed by atoms with E-state index in [1.54, 1.807) is 19.1 Å². The molecular weight excluding hydrogens is 344 g/mol. The number of methoxy groups -OCH3 is 1. The third-order valence-electron chi connectivity index (χ3n) is 4.17. The fraction of sp³-hybridized carbons (Fsp3) is 0.471. The molecule has 1 atom stereocenters. The van der Waals surface area contributed by atoms with Gasteiger partial charge in [0.1, 0.15) is 0 Å². The van der Waals surface area contributed by atoms with Crippen LogP contribution in [0, 0.1) is 0 Å². The van der Waals surface area contributed by atoms with E-state index in [1.165, 1.54) is 11.1 Å². The van der Waals surface area contributed by atoms with Gasteiger partial charge in [0.2, 0.25) is 11.8 Å². The van der Waals surface area contributed by atoms with Gasteiger partial charge in [-0.1, -0.05) is 29.4 Å². The Morgan fingerprint density at radius 2 is 2.16 bits per heavy atom. The molecule has 0 aliphatic carbocycles. The summed E-state index contributed by atoms with van der Waals surface area (Å²) in [6, 6.07) is 7.98. The first-order valence-corrected chi connectivity index (χ1v) is 8.03. The van der Waals surface area contributed by atoms with Crippen LogP contribution in [-0.2, 0) is 35.5 Å². The lowest BCUT2D eigenvalue weighted by atomic mass is 9.95. The molecule has 0 fully saturated rings. The molecule has 7 nitrogen and oxygen atoms in total. The zero-order chi connectivity index (χ0) is 16.9. The minimum atomic E-state index is -0.221. The Kier molecular flexibility index (Phi) is 6.92. The lowest BCUT2D eigenvalue weighted by molar-refractivity contribution is -0.133. The van der Waals surface area contributed by atoms with Gasteiger partial charge in [-0.2, -0.15) is 4.98 Å². The van der Waals surface area contributed by atoms with Crippen LogP contribution in [0.25, 0.3) is 0 Å². The highest BCUT2D eigenvalue weighted by molar-refractivity contribution is 5.85. The predicted molar refractivity (Wildman–Crippen MR) is 94.4 cm³/mol. The molecule has 8 heteroatoms. The minimum absolute atomic E-state index is 0. The van der Waals surface area contributed by atoms with E-state index in [9.17, 15) is 4.79 Å². The molecule has 136 valence electrons. The van der Waals surface area contributed by atoms with Crippen LogP contribution in [0.15, 0.2) is 28.8 Å². The summed E-state index contributed by atoms with van der Waals surface area (Å²) in [5.41, 5.74) is 2.48. The van der Waals surface area contributed by atoms with Gasteiger partial charge in [0.25, 0.3) is 0 Å². The van der Waals surface area contributed by atoms with Gasteiger partial charge < -0.3 is 19.5 Å². The Bertz CT molecular complexity index is 707. The number of halogens is 1. The van der Waals surface area contributed by atoms with Gasteiger partial charge in [-0.3, -0.25) is 4.79 Å². The molecule has 1 aromatic carbocycles. The molecule has 0 saturated carbocycles. The number of ether oxygens (including phenoxy) is 1. The van der Waals surface area contributed by atoms with Crippen molar-refractivity contribution in [1.82, 2.24) is 20.4 Å². The zero-order valence-corrected chi connectivity index (χ0v) is 15.2. The van der Waals surface area contributed by atoms with Crippen molar-refractivity contribution in [2.75, 3.05) is 20.8 Å². The number of fused-ring (bicyclic) bond motifs is 1. The normalized spacial score (nSPS) is 16.0. The van der Waals surface area contributed by atoms with E-state index < -0.39 is 0 Å². The first kappa shape index (κ1) is 19.4. The molecule has 25 heavy (non-hydrogen) atoms. The highest BCUT2D eigenvalue weighted by atomic mass is 35.5. The van der Waals surface area contributed by atoms with Gasteiger partial charge in [-0.25, -0.2) is 0 Å². The summed E-state index contributed by atoms with van der Waals surface area (Å²) in [5.74, 6) is 1.06. The summed E-state index contributed by atoms with van der Waals surface area (Å²) in [7, 11) is 3.38. The average molecular weight is 367 g/mol. The Labute approximate surface area is 153 Å². The summed E-state index contributed by atoms with van der Waals surface area (Å²) in [6.07, 6.45) is 1.29. The maximum Gasteiger partial charge on any atom is 0.246 e. The van der Waals surface area contributed by atoms with Crippen molar-refractivity contribution >= 4 is 18.3 Å². The first-order valence-electron chi connectivity index (χ1n) is 8.03. The second-order valence-corrected chi connectivity index (χ2v) is 5.95. The van der Waals surface area contributed by atoms with Crippen LogP contribution in [0.4, 0.5) is 0 Å². The standard InChI is InChI=1S/C17H22N4O3.ClH/c1-21(11-16-19-15(20-24-16)7-8-23-2)17(22)14-9-12-5-3-4-6-13(12)10-18-14;/h3-6,14,18H,7-11H2,1-2H3;1H. The molecule has 1 N–H and O–H groups in total. The molecule has 0 saturated heterocycles. The molecular formula is C17H23ClN4O3. The number of hydrogen-bond acceptors (Lipinski definition) is 6. The number of amides is 1. The molecule has 1 aliphatic rings. The van der Waals surface area contributed by atoms with Crippen LogP contribution in [-0.4, -0.2) is 47.8 Å². The van der Waals surface area contributed by atoms with Crippen molar-refractivity contribution in [1.29, 1.82) is 0 Å². The van der Waals surface area contributed by atoms with Crippen LogP contribution in [0.2, 0.25) is 0 Å². The van der Waals surface area contributed by atoms with Gasteiger partial charge in [0.15, 0.2) is 5.82 Å². The number of benzene rings is 1. The maximum atomic E-state index is 12.6. The molecule has 3 rings (SSSR count). The number of likely N-dealkylation sites (N-methyl/N-ethyl adjacent to an activating group) is 1. The second kappa shape index (κ2) is 8.94. The topological polar surface area (TPSA) is 80.5 Å². The summed E-state index contributed by atoms with van der Waals surface area (Å²) < 4.78 is 10.2. The third-order valence-corrected chi connectivity index (χ3v) is 4.17. The molecule has 0 radical (unpaired) electrons. The van der Waals surface area contributed by atoms with E-state index in [4.69, 9.17) is 9.26 Å². The van der Waals surface area contributed by atoms with Crippen LogP contribution in [0.1, 0.15) is 22.8 Å². The van der Waals surface area contributed by atoms with Crippen LogP contribution in [0.5, 0.6) is 0 Å². The van der Waals surface area contributed by atoms with Crippen molar-refractivity contribution in [2.24, 2.45) is 0 Å². The second-order valence-electron chi connectivity index (χ2n) is 5.95. The molecule has 1 unspecified atom stereocenters. The quantitative estimate of drug-likeness (QED) is 0.831. The minimum Gasteiger partial charge on any atom is -0.384 e. The average Bonchev–Trinajstić information content (AvgIpc) is 3.06. The molecule has 2 heterocycles. The zero-order valence-electron chi connectivity index (χ0n) is 14.4. The van der Waals surface area contributed by atoms with Gasteiger partial charge in [-0.05, 0) is 17.5 Å². The largest absolute Gasteiger partial charge is 0.384 e. The molecule has 1 aliphatic heterocycles. The first-order chi connectivity index (χ1) is 11.7. The Morgan fingerprint density at radius 1 is 1.40 bits per heavy atom. The van der Waals surface area contributed by atoms with Crippen LogP contribution in [0.3, 0.4) is 0 Å². The highest BCUT2D eigenvalue weighted by Gasteiger charge is 2.27. The summed E-state index contributed by atoms with van der Waals surface area (Å²) in [6.45, 7) is 1.56. The third kappa shape index (κ3) is 4.78. The van der Waals surface area contributed by atoms with Gasteiger partial charge in [0, 0.05) is 27.1 Å². The summed E-state index contributed by atoms with van der Waals surface area (Å²) in [4.78, 5) is 18.5. The highest BCUT2D eigenvalue weighted by Crippen LogP contribution is 2.17. The molecule has 0 spiro atoms. The molecule has 1 amide bonds. The van der Waals surface area contributed by atoms with Crippen LogP contribution >= 0.6 is 12.4 Å². The van der Waals surface area contributed by atoms with E-state index in [0.29, 0.717) is 44.3 Å². The van der Waals surface area contributed by atoms with Crippen LogP contribution < -0.4 is 5.32 Å². The lowest BCUT2D eigenvalue weighted by Crippen LogP contribution is -2.48. The van der Waals surface area contributed by atoms with Crippen molar-refractivity contribution in [3.63, 3.8) is 0 Å². The van der Waals surface area contributed by atoms with Crippen molar-refractivity contribution < 1.29 is 14.1 Å². The molecule has 0 bridgehead atoms.